The molecular weight excluding hydrogens is 346 g/mol. The Hall–Kier alpha value is -2.41. The second kappa shape index (κ2) is 10.1. The van der Waals surface area contributed by atoms with Crippen molar-refractivity contribution in [3.63, 3.8) is 0 Å². The van der Waals surface area contributed by atoms with Crippen molar-refractivity contribution in [1.82, 2.24) is 9.80 Å². The fraction of sp³-hybridized carbons (Fsp3) is 0.550. The van der Waals surface area contributed by atoms with Gasteiger partial charge in [0.1, 0.15) is 0 Å². The Bertz CT molecular complexity index is 660. The maximum Gasteiger partial charge on any atom is 0.310 e. The summed E-state index contributed by atoms with van der Waals surface area (Å²) in [5, 5.41) is 2.79. The van der Waals surface area contributed by atoms with Gasteiger partial charge in [-0.25, -0.2) is 0 Å². The zero-order valence-electron chi connectivity index (χ0n) is 16.4. The van der Waals surface area contributed by atoms with Gasteiger partial charge in [0.25, 0.3) is 0 Å². The number of anilines is 1. The van der Waals surface area contributed by atoms with Gasteiger partial charge >= 0.3 is 5.97 Å². The van der Waals surface area contributed by atoms with E-state index in [4.69, 9.17) is 4.74 Å². The molecule has 0 bridgehead atoms. The molecule has 0 aromatic heterocycles. The van der Waals surface area contributed by atoms with Crippen LogP contribution in [0.5, 0.6) is 0 Å². The van der Waals surface area contributed by atoms with Crippen molar-refractivity contribution in [3.8, 4) is 0 Å². The molecule has 27 heavy (non-hydrogen) atoms. The number of nitrogens with one attached hydrogen (secondary N) is 1. The second-order valence-corrected chi connectivity index (χ2v) is 6.99. The summed E-state index contributed by atoms with van der Waals surface area (Å²) in [5.41, 5.74) is 1.82. The van der Waals surface area contributed by atoms with Crippen LogP contribution >= 0.6 is 0 Å². The number of ether oxygens (including phenoxy) is 1. The van der Waals surface area contributed by atoms with Crippen LogP contribution in [0.2, 0.25) is 0 Å². The average Bonchev–Trinajstić information content (AvgIpc) is 2.64. The van der Waals surface area contributed by atoms with E-state index < -0.39 is 0 Å². The normalized spacial score (nSPS) is 17.2. The lowest BCUT2D eigenvalue weighted by atomic mass is 9.98. The van der Waals surface area contributed by atoms with Gasteiger partial charge in [0.2, 0.25) is 11.8 Å². The summed E-state index contributed by atoms with van der Waals surface area (Å²) in [5.74, 6) is -0.751. The highest BCUT2D eigenvalue weighted by atomic mass is 16.5. The predicted octanol–water partition coefficient (Wildman–Crippen LogP) is 1.67. The molecule has 0 radical (unpaired) electrons. The summed E-state index contributed by atoms with van der Waals surface area (Å²) in [6, 6.07) is 7.50. The van der Waals surface area contributed by atoms with Crippen molar-refractivity contribution in [2.24, 2.45) is 5.92 Å². The zero-order valence-corrected chi connectivity index (χ0v) is 16.4. The van der Waals surface area contributed by atoms with Gasteiger partial charge in [-0.15, -0.1) is 0 Å². The number of aryl methyl sites for hydroxylation is 1. The quantitative estimate of drug-likeness (QED) is 0.734. The lowest BCUT2D eigenvalue weighted by Crippen LogP contribution is -2.46. The minimum Gasteiger partial charge on any atom is -0.466 e. The van der Waals surface area contributed by atoms with Crippen LogP contribution in [0.15, 0.2) is 24.3 Å². The third kappa shape index (κ3) is 6.67. The third-order valence-corrected chi connectivity index (χ3v) is 4.63. The van der Waals surface area contributed by atoms with Crippen LogP contribution in [0.1, 0.15) is 25.3 Å². The number of likely N-dealkylation sites (tertiary alicyclic amines) is 1. The number of amides is 2. The third-order valence-electron chi connectivity index (χ3n) is 4.63. The van der Waals surface area contributed by atoms with Crippen molar-refractivity contribution < 1.29 is 19.1 Å². The van der Waals surface area contributed by atoms with Gasteiger partial charge in [-0.2, -0.15) is 0 Å². The molecule has 1 aliphatic heterocycles. The molecule has 1 fully saturated rings. The van der Waals surface area contributed by atoms with Crippen LogP contribution in [0.25, 0.3) is 0 Å². The maximum atomic E-state index is 12.4. The summed E-state index contributed by atoms with van der Waals surface area (Å²) >= 11 is 0. The van der Waals surface area contributed by atoms with Crippen molar-refractivity contribution >= 4 is 23.5 Å². The van der Waals surface area contributed by atoms with Crippen LogP contribution in [-0.4, -0.2) is 67.4 Å². The Morgan fingerprint density at radius 1 is 1.26 bits per heavy atom. The Balaban J connectivity index is 1.79. The molecule has 2 amide bonds. The van der Waals surface area contributed by atoms with Gasteiger partial charge in [0.05, 0.1) is 25.6 Å². The molecule has 1 aliphatic rings. The highest BCUT2D eigenvalue weighted by Gasteiger charge is 2.28. The van der Waals surface area contributed by atoms with E-state index in [1.54, 1.807) is 14.0 Å². The van der Waals surface area contributed by atoms with Crippen LogP contribution in [0.3, 0.4) is 0 Å². The number of hydrogen-bond acceptors (Lipinski definition) is 5. The van der Waals surface area contributed by atoms with Crippen LogP contribution in [-0.2, 0) is 19.1 Å². The summed E-state index contributed by atoms with van der Waals surface area (Å²) in [4.78, 5) is 39.9. The molecule has 1 N–H and O–H groups in total. The Kier molecular flexibility index (Phi) is 7.79. The maximum absolute atomic E-state index is 12.4. The molecule has 2 rings (SSSR count). The number of hydrogen-bond donors (Lipinski definition) is 1. The van der Waals surface area contributed by atoms with Crippen molar-refractivity contribution in [3.05, 3.63) is 29.8 Å². The van der Waals surface area contributed by atoms with E-state index in [1.807, 2.05) is 36.1 Å². The number of likely N-dealkylation sites (N-methyl/N-ethyl adjacent to an activating group) is 1. The number of carbonyl (C=O) groups is 3. The van der Waals surface area contributed by atoms with Gasteiger partial charge in [-0.05, 0) is 45.4 Å². The Morgan fingerprint density at radius 3 is 2.63 bits per heavy atom. The van der Waals surface area contributed by atoms with E-state index in [0.29, 0.717) is 18.8 Å². The molecule has 0 spiro atoms. The van der Waals surface area contributed by atoms with E-state index in [1.165, 1.54) is 4.90 Å². The van der Waals surface area contributed by atoms with Gasteiger partial charge in [0, 0.05) is 19.3 Å². The first kappa shape index (κ1) is 20.9. The van der Waals surface area contributed by atoms with Crippen molar-refractivity contribution in [2.45, 2.75) is 26.7 Å². The first-order valence-corrected chi connectivity index (χ1v) is 9.38. The number of carbonyl (C=O) groups excluding carboxylic acids is 3. The van der Waals surface area contributed by atoms with Gasteiger partial charge in [0.15, 0.2) is 0 Å². The molecule has 7 heteroatoms. The smallest absolute Gasteiger partial charge is 0.310 e. The van der Waals surface area contributed by atoms with Crippen LogP contribution < -0.4 is 5.32 Å². The molecule has 1 heterocycles. The Morgan fingerprint density at radius 2 is 1.96 bits per heavy atom. The van der Waals surface area contributed by atoms with Gasteiger partial charge < -0.3 is 15.0 Å². The molecule has 0 saturated carbocycles. The van der Waals surface area contributed by atoms with Gasteiger partial charge in [-0.1, -0.05) is 17.7 Å². The van der Waals surface area contributed by atoms with E-state index in [-0.39, 0.29) is 36.8 Å². The average molecular weight is 375 g/mol. The molecule has 7 nitrogen and oxygen atoms in total. The highest BCUT2D eigenvalue weighted by molar-refractivity contribution is 5.94. The standard InChI is InChI=1S/C20H29N3O4/c1-4-27-20(26)16-6-5-11-23(12-16)14-19(25)22(3)13-18(24)21-17-9-7-15(2)8-10-17/h7-10,16H,4-6,11-14H2,1-3H3,(H,21,24)/t16-/m0/s1. The lowest BCUT2D eigenvalue weighted by Gasteiger charge is -2.32. The van der Waals surface area contributed by atoms with Crippen LogP contribution in [0.4, 0.5) is 5.69 Å². The largest absolute Gasteiger partial charge is 0.466 e. The van der Waals surface area contributed by atoms with E-state index in [2.05, 4.69) is 5.32 Å². The van der Waals surface area contributed by atoms with Gasteiger partial charge in [-0.3, -0.25) is 19.3 Å². The van der Waals surface area contributed by atoms with Crippen molar-refractivity contribution in [1.29, 1.82) is 0 Å². The highest BCUT2D eigenvalue weighted by Crippen LogP contribution is 2.18. The van der Waals surface area contributed by atoms with E-state index in [0.717, 1.165) is 24.9 Å². The molecule has 1 saturated heterocycles. The number of esters is 1. The number of rotatable bonds is 7. The second-order valence-electron chi connectivity index (χ2n) is 6.99. The topological polar surface area (TPSA) is 79.0 Å². The number of piperidine rings is 1. The summed E-state index contributed by atoms with van der Waals surface area (Å²) in [6.07, 6.45) is 1.65. The first-order valence-electron chi connectivity index (χ1n) is 9.38. The molecular formula is C20H29N3O4. The fourth-order valence-electron chi connectivity index (χ4n) is 3.10. The minimum atomic E-state index is -0.238. The monoisotopic (exact) mass is 375 g/mol. The molecule has 148 valence electrons. The van der Waals surface area contributed by atoms with Crippen LogP contribution in [0, 0.1) is 12.8 Å². The lowest BCUT2D eigenvalue weighted by molar-refractivity contribution is -0.150. The molecule has 1 atom stereocenters. The number of nitrogens with zero attached hydrogens (tertiary/aromatic N) is 2. The summed E-state index contributed by atoms with van der Waals surface area (Å²) in [6.45, 7) is 5.61. The SMILES string of the molecule is CCOC(=O)[C@H]1CCCN(CC(=O)N(C)CC(=O)Nc2ccc(C)cc2)C1. The zero-order chi connectivity index (χ0) is 19.8. The van der Waals surface area contributed by atoms with E-state index >= 15 is 0 Å². The number of benzene rings is 1. The molecule has 1 aromatic carbocycles. The van der Waals surface area contributed by atoms with Crippen molar-refractivity contribution in [2.75, 3.05) is 45.2 Å². The minimum absolute atomic E-state index is 0.0120. The van der Waals surface area contributed by atoms with E-state index in [9.17, 15) is 14.4 Å². The predicted molar refractivity (Wildman–Crippen MR) is 103 cm³/mol. The molecule has 0 unspecified atom stereocenters. The fourth-order valence-corrected chi connectivity index (χ4v) is 3.10. The molecule has 0 aliphatic carbocycles. The Labute approximate surface area is 160 Å². The molecule has 1 aromatic rings. The summed E-state index contributed by atoms with van der Waals surface area (Å²) < 4.78 is 5.08. The first-order chi connectivity index (χ1) is 12.9. The summed E-state index contributed by atoms with van der Waals surface area (Å²) in [7, 11) is 1.61.